The van der Waals surface area contributed by atoms with Gasteiger partial charge in [-0.3, -0.25) is 9.59 Å². The number of fused-ring (bicyclic) bond motifs is 1. The Morgan fingerprint density at radius 2 is 1.41 bits per heavy atom. The fourth-order valence-corrected chi connectivity index (χ4v) is 2.32. The summed E-state index contributed by atoms with van der Waals surface area (Å²) in [7, 11) is 0. The lowest BCUT2D eigenvalue weighted by atomic mass is 10.0. The van der Waals surface area contributed by atoms with Crippen LogP contribution in [-0.4, -0.2) is 18.5 Å². The minimum atomic E-state index is -0.439. The van der Waals surface area contributed by atoms with E-state index < -0.39 is 11.9 Å². The van der Waals surface area contributed by atoms with Crippen LogP contribution in [0.15, 0.2) is 24.3 Å². The maximum atomic E-state index is 11.4. The van der Waals surface area contributed by atoms with Crippen LogP contribution < -0.4 is 14.2 Å². The van der Waals surface area contributed by atoms with Gasteiger partial charge < -0.3 is 14.2 Å². The van der Waals surface area contributed by atoms with Gasteiger partial charge in [0.1, 0.15) is 5.75 Å². The quantitative estimate of drug-likeness (QED) is 0.640. The molecule has 0 saturated heterocycles. The van der Waals surface area contributed by atoms with Gasteiger partial charge >= 0.3 is 11.9 Å². The fraction of sp³-hybridized carbons (Fsp3) is 0.294. The summed E-state index contributed by atoms with van der Waals surface area (Å²) >= 11 is 0. The Hall–Kier alpha value is -2.56. The van der Waals surface area contributed by atoms with Crippen molar-refractivity contribution in [1.82, 2.24) is 0 Å². The van der Waals surface area contributed by atoms with Gasteiger partial charge in [-0.15, -0.1) is 0 Å². The zero-order valence-corrected chi connectivity index (χ0v) is 13.1. The molecule has 116 valence electrons. The van der Waals surface area contributed by atoms with E-state index in [1.807, 2.05) is 25.1 Å². The molecule has 22 heavy (non-hydrogen) atoms. The van der Waals surface area contributed by atoms with E-state index in [0.717, 1.165) is 0 Å². The van der Waals surface area contributed by atoms with Crippen LogP contribution in [0, 0.1) is 6.92 Å². The SMILES string of the molecule is CCOc1c(C)c(OC(C)=O)c2ccccc2c1OC(C)=O. The molecule has 2 aromatic rings. The maximum absolute atomic E-state index is 11.4. The molecule has 0 saturated carbocycles. The average Bonchev–Trinajstić information content (AvgIpc) is 2.46. The second-order valence-electron chi connectivity index (χ2n) is 4.78. The third-order valence-electron chi connectivity index (χ3n) is 3.08. The number of carbonyl (C=O) groups is 2. The van der Waals surface area contributed by atoms with Gasteiger partial charge in [-0.1, -0.05) is 24.3 Å². The fourth-order valence-electron chi connectivity index (χ4n) is 2.32. The first kappa shape index (κ1) is 15.8. The van der Waals surface area contributed by atoms with Crippen molar-refractivity contribution in [1.29, 1.82) is 0 Å². The smallest absolute Gasteiger partial charge is 0.308 e. The van der Waals surface area contributed by atoms with Crippen molar-refractivity contribution in [3.05, 3.63) is 29.8 Å². The Balaban J connectivity index is 2.83. The van der Waals surface area contributed by atoms with Crippen LogP contribution in [0.2, 0.25) is 0 Å². The molecule has 0 aliphatic heterocycles. The molecule has 0 atom stereocenters. The Bertz CT molecular complexity index is 733. The number of hydrogen-bond acceptors (Lipinski definition) is 5. The third-order valence-corrected chi connectivity index (χ3v) is 3.08. The number of esters is 2. The summed E-state index contributed by atoms with van der Waals surface area (Å²) in [4.78, 5) is 22.8. The van der Waals surface area contributed by atoms with Crippen LogP contribution in [0.25, 0.3) is 10.8 Å². The Morgan fingerprint density at radius 3 is 1.91 bits per heavy atom. The van der Waals surface area contributed by atoms with Crippen molar-refractivity contribution in [3.8, 4) is 17.2 Å². The average molecular weight is 302 g/mol. The number of hydrogen-bond donors (Lipinski definition) is 0. The van der Waals surface area contributed by atoms with E-state index in [9.17, 15) is 9.59 Å². The minimum Gasteiger partial charge on any atom is -0.490 e. The van der Waals surface area contributed by atoms with Gasteiger partial charge in [-0.05, 0) is 13.8 Å². The van der Waals surface area contributed by atoms with Crippen LogP contribution in [0.1, 0.15) is 26.3 Å². The molecule has 0 aromatic heterocycles. The van der Waals surface area contributed by atoms with E-state index in [1.54, 1.807) is 13.0 Å². The van der Waals surface area contributed by atoms with E-state index in [0.29, 0.717) is 40.2 Å². The molecule has 0 unspecified atom stereocenters. The van der Waals surface area contributed by atoms with E-state index >= 15 is 0 Å². The molecule has 2 aromatic carbocycles. The number of benzene rings is 2. The van der Waals surface area contributed by atoms with Gasteiger partial charge in [-0.2, -0.15) is 0 Å². The van der Waals surface area contributed by atoms with Gasteiger partial charge in [0.15, 0.2) is 11.5 Å². The second kappa shape index (κ2) is 6.47. The molecule has 0 bridgehead atoms. The summed E-state index contributed by atoms with van der Waals surface area (Å²) in [6, 6.07) is 7.25. The monoisotopic (exact) mass is 302 g/mol. The Morgan fingerprint density at radius 1 is 0.909 bits per heavy atom. The molecule has 0 N–H and O–H groups in total. The van der Waals surface area contributed by atoms with E-state index in [2.05, 4.69) is 0 Å². The maximum Gasteiger partial charge on any atom is 0.308 e. The largest absolute Gasteiger partial charge is 0.490 e. The lowest BCUT2D eigenvalue weighted by molar-refractivity contribution is -0.133. The van der Waals surface area contributed by atoms with Crippen molar-refractivity contribution in [2.24, 2.45) is 0 Å². The molecule has 0 spiro atoms. The van der Waals surface area contributed by atoms with E-state index in [4.69, 9.17) is 14.2 Å². The summed E-state index contributed by atoms with van der Waals surface area (Å²) in [5.74, 6) is 0.315. The van der Waals surface area contributed by atoms with Gasteiger partial charge in [0.05, 0.1) is 6.61 Å². The predicted octanol–water partition coefficient (Wildman–Crippen LogP) is 3.40. The van der Waals surface area contributed by atoms with Crippen LogP contribution in [0.3, 0.4) is 0 Å². The van der Waals surface area contributed by atoms with Crippen LogP contribution in [-0.2, 0) is 9.59 Å². The van der Waals surface area contributed by atoms with Crippen LogP contribution >= 0.6 is 0 Å². The highest BCUT2D eigenvalue weighted by molar-refractivity contribution is 5.99. The van der Waals surface area contributed by atoms with Crippen molar-refractivity contribution >= 4 is 22.7 Å². The summed E-state index contributed by atoms with van der Waals surface area (Å²) < 4.78 is 16.3. The Labute approximate surface area is 128 Å². The highest BCUT2D eigenvalue weighted by Crippen LogP contribution is 2.45. The van der Waals surface area contributed by atoms with Crippen molar-refractivity contribution < 1.29 is 23.8 Å². The number of rotatable bonds is 4. The molecular weight excluding hydrogens is 284 g/mol. The number of carbonyl (C=O) groups excluding carboxylic acids is 2. The molecule has 0 heterocycles. The highest BCUT2D eigenvalue weighted by Gasteiger charge is 2.22. The van der Waals surface area contributed by atoms with E-state index in [1.165, 1.54) is 13.8 Å². The normalized spacial score (nSPS) is 10.4. The van der Waals surface area contributed by atoms with Crippen molar-refractivity contribution in [2.45, 2.75) is 27.7 Å². The summed E-state index contributed by atoms with van der Waals surface area (Å²) in [5.41, 5.74) is 0.618. The second-order valence-corrected chi connectivity index (χ2v) is 4.78. The van der Waals surface area contributed by atoms with Crippen LogP contribution in [0.4, 0.5) is 0 Å². The first-order chi connectivity index (χ1) is 10.5. The standard InChI is InChI=1S/C17H18O5/c1-5-20-16-10(2)15(21-11(3)18)13-8-6-7-9-14(13)17(16)22-12(4)19/h6-9H,5H2,1-4H3. The summed E-state index contributed by atoms with van der Waals surface area (Å²) in [6.07, 6.45) is 0. The third kappa shape index (κ3) is 3.03. The molecule has 0 aliphatic carbocycles. The molecular formula is C17H18O5. The molecule has 0 aliphatic rings. The van der Waals surface area contributed by atoms with Gasteiger partial charge in [0.2, 0.25) is 0 Å². The highest BCUT2D eigenvalue weighted by atomic mass is 16.6. The van der Waals surface area contributed by atoms with Crippen molar-refractivity contribution in [3.63, 3.8) is 0 Å². The molecule has 5 nitrogen and oxygen atoms in total. The van der Waals surface area contributed by atoms with Gasteiger partial charge in [0.25, 0.3) is 0 Å². The van der Waals surface area contributed by atoms with Gasteiger partial charge in [-0.25, -0.2) is 0 Å². The Kier molecular flexibility index (Phi) is 4.65. The minimum absolute atomic E-state index is 0.346. The molecule has 0 fully saturated rings. The topological polar surface area (TPSA) is 61.8 Å². The first-order valence-electron chi connectivity index (χ1n) is 7.00. The van der Waals surface area contributed by atoms with E-state index in [-0.39, 0.29) is 0 Å². The molecule has 5 heteroatoms. The lowest BCUT2D eigenvalue weighted by Crippen LogP contribution is -2.09. The summed E-state index contributed by atoms with van der Waals surface area (Å²) in [5, 5.41) is 1.35. The lowest BCUT2D eigenvalue weighted by Gasteiger charge is -2.18. The zero-order chi connectivity index (χ0) is 16.3. The molecule has 0 radical (unpaired) electrons. The van der Waals surface area contributed by atoms with Crippen molar-refractivity contribution in [2.75, 3.05) is 6.61 Å². The predicted molar refractivity (Wildman–Crippen MR) is 82.5 cm³/mol. The molecule has 0 amide bonds. The molecule has 2 rings (SSSR count). The van der Waals surface area contributed by atoms with Crippen LogP contribution in [0.5, 0.6) is 17.2 Å². The number of ether oxygens (including phenoxy) is 3. The first-order valence-corrected chi connectivity index (χ1v) is 7.00. The zero-order valence-electron chi connectivity index (χ0n) is 13.1. The summed E-state index contributed by atoms with van der Waals surface area (Å²) in [6.45, 7) is 6.67. The van der Waals surface area contributed by atoms with Gasteiger partial charge in [0, 0.05) is 30.2 Å².